The van der Waals surface area contributed by atoms with Crippen molar-refractivity contribution in [3.8, 4) is 0 Å². The Morgan fingerprint density at radius 3 is 2.60 bits per heavy atom. The van der Waals surface area contributed by atoms with Gasteiger partial charge in [0.15, 0.2) is 0 Å². The topological polar surface area (TPSA) is 55.4 Å². The molecule has 88 valence electrons. The molecule has 0 spiro atoms. The van der Waals surface area contributed by atoms with E-state index in [1.807, 2.05) is 0 Å². The second-order valence-corrected chi connectivity index (χ2v) is 4.22. The van der Waals surface area contributed by atoms with Crippen LogP contribution in [0.1, 0.15) is 33.6 Å². The predicted octanol–water partition coefficient (Wildman–Crippen LogP) is 1.83. The number of hydrogen-bond donors (Lipinski definition) is 1. The quantitative estimate of drug-likeness (QED) is 0.718. The molecule has 0 aromatic rings. The van der Waals surface area contributed by atoms with Crippen LogP contribution in [0.15, 0.2) is 0 Å². The number of rotatable bonds is 5. The highest BCUT2D eigenvalue weighted by atomic mass is 19.1. The molecule has 0 saturated heterocycles. The Kier molecular flexibility index (Phi) is 5.89. The van der Waals surface area contributed by atoms with E-state index in [9.17, 15) is 14.0 Å². The van der Waals surface area contributed by atoms with E-state index >= 15 is 0 Å². The third kappa shape index (κ3) is 9.18. The fourth-order valence-corrected chi connectivity index (χ4v) is 0.859. The monoisotopic (exact) mass is 219 g/mol. The van der Waals surface area contributed by atoms with Crippen LogP contribution in [0.3, 0.4) is 0 Å². The summed E-state index contributed by atoms with van der Waals surface area (Å²) in [6, 6.07) is 0. The normalized spacial score (nSPS) is 13.1. The minimum absolute atomic E-state index is 0.122. The summed E-state index contributed by atoms with van der Waals surface area (Å²) in [4.78, 5) is 21.0. The Labute approximate surface area is 89.2 Å². The van der Waals surface area contributed by atoms with Gasteiger partial charge in [0.05, 0.1) is 6.54 Å². The van der Waals surface area contributed by atoms with Gasteiger partial charge in [-0.25, -0.2) is 9.18 Å². The third-order valence-electron chi connectivity index (χ3n) is 1.46. The molecule has 4 nitrogen and oxygen atoms in total. The van der Waals surface area contributed by atoms with Crippen molar-refractivity contribution in [1.82, 2.24) is 5.32 Å². The van der Waals surface area contributed by atoms with Gasteiger partial charge in [-0.2, -0.15) is 0 Å². The van der Waals surface area contributed by atoms with Crippen LogP contribution in [0.5, 0.6) is 0 Å². The van der Waals surface area contributed by atoms with Crippen molar-refractivity contribution >= 4 is 12.4 Å². The molecule has 1 atom stereocenters. The number of hydrogen-bond acceptors (Lipinski definition) is 3. The average molecular weight is 219 g/mol. The third-order valence-corrected chi connectivity index (χ3v) is 1.46. The molecule has 0 bridgehead atoms. The fraction of sp³-hybridized carbons (Fsp3) is 0.800. The van der Waals surface area contributed by atoms with Crippen LogP contribution in [-0.4, -0.2) is 30.7 Å². The number of alkyl carbamates (subject to hydrolysis) is 1. The summed E-state index contributed by atoms with van der Waals surface area (Å²) < 4.78 is 17.9. The molecule has 0 fully saturated rings. The smallest absolute Gasteiger partial charge is 0.407 e. The second-order valence-electron chi connectivity index (χ2n) is 4.22. The van der Waals surface area contributed by atoms with Crippen molar-refractivity contribution in [3.63, 3.8) is 0 Å². The molecule has 1 amide bonds. The summed E-state index contributed by atoms with van der Waals surface area (Å²) in [6.07, 6.45) is -0.907. The van der Waals surface area contributed by atoms with E-state index in [0.29, 0.717) is 6.29 Å². The lowest BCUT2D eigenvalue weighted by Crippen LogP contribution is -2.35. The van der Waals surface area contributed by atoms with Crippen LogP contribution in [0.25, 0.3) is 0 Å². The molecular weight excluding hydrogens is 201 g/mol. The van der Waals surface area contributed by atoms with Crippen LogP contribution < -0.4 is 5.32 Å². The maximum absolute atomic E-state index is 13.0. The van der Waals surface area contributed by atoms with Gasteiger partial charge < -0.3 is 14.8 Å². The Morgan fingerprint density at radius 1 is 1.53 bits per heavy atom. The van der Waals surface area contributed by atoms with E-state index in [0.717, 1.165) is 0 Å². The molecule has 0 aromatic heterocycles. The van der Waals surface area contributed by atoms with Gasteiger partial charge in [0, 0.05) is 6.42 Å². The summed E-state index contributed by atoms with van der Waals surface area (Å²) in [5, 5.41) is 2.30. The van der Waals surface area contributed by atoms with Gasteiger partial charge in [-0.1, -0.05) is 0 Å². The molecule has 0 aliphatic heterocycles. The SMILES string of the molecule is CC(C)(C)OC(=O)NCC(F)CCC=O. The Bertz CT molecular complexity index is 213. The van der Waals surface area contributed by atoms with Gasteiger partial charge >= 0.3 is 6.09 Å². The first-order valence-corrected chi connectivity index (χ1v) is 4.89. The zero-order valence-corrected chi connectivity index (χ0v) is 9.38. The number of ether oxygens (including phenoxy) is 1. The first-order valence-electron chi connectivity index (χ1n) is 4.89. The number of amides is 1. The first kappa shape index (κ1) is 13.9. The lowest BCUT2D eigenvalue weighted by Gasteiger charge is -2.20. The fourth-order valence-electron chi connectivity index (χ4n) is 0.859. The minimum atomic E-state index is -1.21. The van der Waals surface area contributed by atoms with Crippen molar-refractivity contribution in [2.24, 2.45) is 0 Å². The zero-order chi connectivity index (χ0) is 11.9. The average Bonchev–Trinajstić information content (AvgIpc) is 2.08. The number of aldehydes is 1. The molecule has 1 N–H and O–H groups in total. The van der Waals surface area contributed by atoms with E-state index in [-0.39, 0.29) is 19.4 Å². The van der Waals surface area contributed by atoms with Crippen molar-refractivity contribution in [1.29, 1.82) is 0 Å². The van der Waals surface area contributed by atoms with Crippen LogP contribution in [0.4, 0.5) is 9.18 Å². The molecule has 0 aromatic carbocycles. The first-order chi connectivity index (χ1) is 6.85. The second kappa shape index (κ2) is 6.37. The van der Waals surface area contributed by atoms with E-state index in [1.165, 1.54) is 0 Å². The Balaban J connectivity index is 3.66. The molecule has 0 rings (SSSR count). The standard InChI is InChI=1S/C10H18FNO3/c1-10(2,3)15-9(14)12-7-8(11)5-4-6-13/h6,8H,4-5,7H2,1-3H3,(H,12,14). The van der Waals surface area contributed by atoms with Crippen LogP contribution >= 0.6 is 0 Å². The van der Waals surface area contributed by atoms with Crippen molar-refractivity contribution < 1.29 is 18.7 Å². The van der Waals surface area contributed by atoms with Gasteiger partial charge in [0.25, 0.3) is 0 Å². The number of alkyl halides is 1. The number of carbonyl (C=O) groups excluding carboxylic acids is 2. The van der Waals surface area contributed by atoms with Crippen LogP contribution in [0.2, 0.25) is 0 Å². The molecule has 0 saturated carbocycles. The maximum atomic E-state index is 13.0. The Morgan fingerprint density at radius 2 is 2.13 bits per heavy atom. The van der Waals surface area contributed by atoms with Gasteiger partial charge in [-0.05, 0) is 27.2 Å². The highest BCUT2D eigenvalue weighted by Gasteiger charge is 2.16. The van der Waals surface area contributed by atoms with E-state index in [4.69, 9.17) is 4.74 Å². The maximum Gasteiger partial charge on any atom is 0.407 e. The lowest BCUT2D eigenvalue weighted by atomic mass is 10.2. The highest BCUT2D eigenvalue weighted by Crippen LogP contribution is 2.06. The number of carbonyl (C=O) groups is 2. The van der Waals surface area contributed by atoms with E-state index in [2.05, 4.69) is 5.32 Å². The summed E-state index contributed by atoms with van der Waals surface area (Å²) in [5.41, 5.74) is -0.585. The zero-order valence-electron chi connectivity index (χ0n) is 9.38. The minimum Gasteiger partial charge on any atom is -0.444 e. The van der Waals surface area contributed by atoms with Crippen LogP contribution in [-0.2, 0) is 9.53 Å². The van der Waals surface area contributed by atoms with Gasteiger partial charge in [-0.15, -0.1) is 0 Å². The lowest BCUT2D eigenvalue weighted by molar-refractivity contribution is -0.108. The molecular formula is C10H18FNO3. The molecule has 1 unspecified atom stereocenters. The van der Waals surface area contributed by atoms with E-state index in [1.54, 1.807) is 20.8 Å². The van der Waals surface area contributed by atoms with Crippen molar-refractivity contribution in [3.05, 3.63) is 0 Å². The van der Waals surface area contributed by atoms with Crippen LogP contribution in [0, 0.1) is 0 Å². The predicted molar refractivity (Wildman–Crippen MR) is 54.4 cm³/mol. The summed E-state index contributed by atoms with van der Waals surface area (Å²) >= 11 is 0. The molecule has 0 heterocycles. The Hall–Kier alpha value is -1.13. The summed E-state index contributed by atoms with van der Waals surface area (Å²) in [7, 11) is 0. The number of halogens is 1. The molecule has 15 heavy (non-hydrogen) atoms. The molecule has 0 radical (unpaired) electrons. The molecule has 0 aliphatic rings. The van der Waals surface area contributed by atoms with Crippen molar-refractivity contribution in [2.45, 2.75) is 45.4 Å². The molecule has 0 aliphatic carbocycles. The summed E-state index contributed by atoms with van der Waals surface area (Å²) in [5.74, 6) is 0. The van der Waals surface area contributed by atoms with E-state index < -0.39 is 17.9 Å². The van der Waals surface area contributed by atoms with Gasteiger partial charge in [0.1, 0.15) is 18.1 Å². The highest BCUT2D eigenvalue weighted by molar-refractivity contribution is 5.67. The van der Waals surface area contributed by atoms with Crippen molar-refractivity contribution in [2.75, 3.05) is 6.54 Å². The van der Waals surface area contributed by atoms with Gasteiger partial charge in [0.2, 0.25) is 0 Å². The number of nitrogens with one attached hydrogen (secondary N) is 1. The molecule has 5 heteroatoms. The summed E-state index contributed by atoms with van der Waals surface area (Å²) in [6.45, 7) is 5.06. The largest absolute Gasteiger partial charge is 0.444 e. The van der Waals surface area contributed by atoms with Gasteiger partial charge in [-0.3, -0.25) is 0 Å².